The number of carbonyl (C=O) groups excluding carboxylic acids is 1. The second-order valence-corrected chi connectivity index (χ2v) is 5.34. The van der Waals surface area contributed by atoms with Crippen LogP contribution in [0.4, 0.5) is 0 Å². The van der Waals surface area contributed by atoms with Crippen molar-refractivity contribution >= 4 is 5.91 Å². The molecule has 0 unspecified atom stereocenters. The first-order chi connectivity index (χ1) is 9.60. The summed E-state index contributed by atoms with van der Waals surface area (Å²) in [5, 5.41) is 9.24. The minimum Gasteiger partial charge on any atom is -0.508 e. The highest BCUT2D eigenvalue weighted by Crippen LogP contribution is 2.29. The molecule has 4 heteroatoms. The number of benzene rings is 1. The van der Waals surface area contributed by atoms with Gasteiger partial charge in [-0.15, -0.1) is 6.42 Å². The number of amides is 1. The highest BCUT2D eigenvalue weighted by atomic mass is 16.3. The number of phenols is 1. The third-order valence-electron chi connectivity index (χ3n) is 3.48. The van der Waals surface area contributed by atoms with Crippen molar-refractivity contribution in [3.8, 4) is 18.1 Å². The summed E-state index contributed by atoms with van der Waals surface area (Å²) in [5.74, 6) is 3.23. The second-order valence-electron chi connectivity index (χ2n) is 5.34. The SMILES string of the molecule is C#CCN(CC1CC1)C(=O)[C@H](N)Cc1ccc(O)cc1. The van der Waals surface area contributed by atoms with Gasteiger partial charge in [0.15, 0.2) is 0 Å². The molecule has 0 spiro atoms. The Labute approximate surface area is 119 Å². The van der Waals surface area contributed by atoms with Crippen LogP contribution in [-0.4, -0.2) is 35.0 Å². The lowest BCUT2D eigenvalue weighted by atomic mass is 10.1. The molecular weight excluding hydrogens is 252 g/mol. The van der Waals surface area contributed by atoms with Gasteiger partial charge in [0.25, 0.3) is 0 Å². The maximum atomic E-state index is 12.3. The molecule has 1 aromatic carbocycles. The van der Waals surface area contributed by atoms with Crippen LogP contribution in [0.3, 0.4) is 0 Å². The molecule has 1 aliphatic rings. The summed E-state index contributed by atoms with van der Waals surface area (Å²) in [6.45, 7) is 1.03. The number of hydrogen-bond acceptors (Lipinski definition) is 3. The van der Waals surface area contributed by atoms with E-state index in [1.165, 1.54) is 12.8 Å². The van der Waals surface area contributed by atoms with Crippen LogP contribution in [0.25, 0.3) is 0 Å². The molecule has 3 N–H and O–H groups in total. The molecule has 0 heterocycles. The van der Waals surface area contributed by atoms with Crippen LogP contribution in [0, 0.1) is 18.3 Å². The van der Waals surface area contributed by atoms with Crippen molar-refractivity contribution in [1.29, 1.82) is 0 Å². The lowest BCUT2D eigenvalue weighted by molar-refractivity contribution is -0.132. The fraction of sp³-hybridized carbons (Fsp3) is 0.438. The Hall–Kier alpha value is -1.99. The summed E-state index contributed by atoms with van der Waals surface area (Å²) < 4.78 is 0. The summed E-state index contributed by atoms with van der Waals surface area (Å²) in [6.07, 6.45) is 8.11. The summed E-state index contributed by atoms with van der Waals surface area (Å²) in [4.78, 5) is 14.0. The Balaban J connectivity index is 1.94. The molecule has 106 valence electrons. The molecular formula is C16H20N2O2. The molecule has 1 aliphatic carbocycles. The monoisotopic (exact) mass is 272 g/mol. The van der Waals surface area contributed by atoms with Crippen LogP contribution < -0.4 is 5.73 Å². The van der Waals surface area contributed by atoms with Gasteiger partial charge in [0, 0.05) is 6.54 Å². The van der Waals surface area contributed by atoms with Crippen LogP contribution in [0.5, 0.6) is 5.75 Å². The number of aromatic hydroxyl groups is 1. The van der Waals surface area contributed by atoms with E-state index in [-0.39, 0.29) is 11.7 Å². The number of nitrogens with two attached hydrogens (primary N) is 1. The molecule has 0 saturated heterocycles. The van der Waals surface area contributed by atoms with Gasteiger partial charge < -0.3 is 15.7 Å². The minimum absolute atomic E-state index is 0.0945. The molecule has 0 aliphatic heterocycles. The van der Waals surface area contributed by atoms with E-state index in [0.29, 0.717) is 25.4 Å². The van der Waals surface area contributed by atoms with E-state index in [1.807, 2.05) is 0 Å². The Morgan fingerprint density at radius 3 is 2.65 bits per heavy atom. The van der Waals surface area contributed by atoms with E-state index in [2.05, 4.69) is 5.92 Å². The zero-order valence-electron chi connectivity index (χ0n) is 11.5. The van der Waals surface area contributed by atoms with Crippen LogP contribution in [0.15, 0.2) is 24.3 Å². The van der Waals surface area contributed by atoms with E-state index >= 15 is 0 Å². The smallest absolute Gasteiger partial charge is 0.240 e. The topological polar surface area (TPSA) is 66.6 Å². The largest absolute Gasteiger partial charge is 0.508 e. The van der Waals surface area contributed by atoms with Gasteiger partial charge in [0.2, 0.25) is 5.91 Å². The molecule has 1 aromatic rings. The summed E-state index contributed by atoms with van der Waals surface area (Å²) in [5.41, 5.74) is 6.92. The van der Waals surface area contributed by atoms with Crippen molar-refractivity contribution in [2.75, 3.05) is 13.1 Å². The van der Waals surface area contributed by atoms with Crippen LogP contribution in [0.2, 0.25) is 0 Å². The highest BCUT2D eigenvalue weighted by molar-refractivity contribution is 5.82. The molecule has 1 fully saturated rings. The Bertz CT molecular complexity index is 500. The average Bonchev–Trinajstić information content (AvgIpc) is 3.24. The molecule has 0 bridgehead atoms. The molecule has 1 amide bonds. The number of rotatable bonds is 6. The van der Waals surface area contributed by atoms with Gasteiger partial charge in [-0.25, -0.2) is 0 Å². The molecule has 4 nitrogen and oxygen atoms in total. The van der Waals surface area contributed by atoms with Gasteiger partial charge in [-0.1, -0.05) is 18.1 Å². The summed E-state index contributed by atoms with van der Waals surface area (Å²) in [7, 11) is 0. The van der Waals surface area contributed by atoms with Gasteiger partial charge in [-0.3, -0.25) is 4.79 Å². The molecule has 1 saturated carbocycles. The minimum atomic E-state index is -0.591. The predicted molar refractivity (Wildman–Crippen MR) is 77.9 cm³/mol. The van der Waals surface area contributed by atoms with Crippen molar-refractivity contribution in [2.24, 2.45) is 11.7 Å². The number of terminal acetylenes is 1. The number of nitrogens with zero attached hydrogens (tertiary/aromatic N) is 1. The van der Waals surface area contributed by atoms with Crippen molar-refractivity contribution in [3.05, 3.63) is 29.8 Å². The Morgan fingerprint density at radius 1 is 1.45 bits per heavy atom. The molecule has 2 rings (SSSR count). The Kier molecular flexibility index (Phi) is 4.65. The van der Waals surface area contributed by atoms with E-state index in [1.54, 1.807) is 29.2 Å². The third kappa shape index (κ3) is 4.01. The standard InChI is InChI=1S/C16H20N2O2/c1-2-9-18(11-13-3-4-13)16(20)15(17)10-12-5-7-14(19)8-6-12/h1,5-8,13,15,19H,3-4,9-11,17H2/t15-/m1/s1. The lowest BCUT2D eigenvalue weighted by Gasteiger charge is -2.23. The van der Waals surface area contributed by atoms with Crippen molar-refractivity contribution in [2.45, 2.75) is 25.3 Å². The Morgan fingerprint density at radius 2 is 2.10 bits per heavy atom. The first-order valence-electron chi connectivity index (χ1n) is 6.86. The fourth-order valence-corrected chi connectivity index (χ4v) is 2.16. The quantitative estimate of drug-likeness (QED) is 0.763. The van der Waals surface area contributed by atoms with Gasteiger partial charge in [0.05, 0.1) is 12.6 Å². The van der Waals surface area contributed by atoms with Crippen LogP contribution in [-0.2, 0) is 11.2 Å². The van der Waals surface area contributed by atoms with E-state index < -0.39 is 6.04 Å². The average molecular weight is 272 g/mol. The van der Waals surface area contributed by atoms with Gasteiger partial charge in [0.1, 0.15) is 5.75 Å². The zero-order chi connectivity index (χ0) is 14.5. The lowest BCUT2D eigenvalue weighted by Crippen LogP contribution is -2.45. The number of hydrogen-bond donors (Lipinski definition) is 2. The number of carbonyl (C=O) groups is 1. The summed E-state index contributed by atoms with van der Waals surface area (Å²) >= 11 is 0. The van der Waals surface area contributed by atoms with Crippen LogP contribution in [0.1, 0.15) is 18.4 Å². The normalized spacial score (nSPS) is 15.4. The highest BCUT2D eigenvalue weighted by Gasteiger charge is 2.28. The molecule has 0 radical (unpaired) electrons. The fourth-order valence-electron chi connectivity index (χ4n) is 2.16. The van der Waals surface area contributed by atoms with Gasteiger partial charge >= 0.3 is 0 Å². The summed E-state index contributed by atoms with van der Waals surface area (Å²) in [6, 6.07) is 6.14. The molecule has 0 aromatic heterocycles. The van der Waals surface area contributed by atoms with E-state index in [4.69, 9.17) is 12.2 Å². The predicted octanol–water partition coefficient (Wildman–Crippen LogP) is 1.13. The first-order valence-corrected chi connectivity index (χ1v) is 6.86. The maximum Gasteiger partial charge on any atom is 0.240 e. The zero-order valence-corrected chi connectivity index (χ0v) is 11.5. The maximum absolute atomic E-state index is 12.3. The van der Waals surface area contributed by atoms with Gasteiger partial charge in [-0.2, -0.15) is 0 Å². The van der Waals surface area contributed by atoms with E-state index in [9.17, 15) is 9.90 Å². The second kappa shape index (κ2) is 6.44. The molecule has 20 heavy (non-hydrogen) atoms. The van der Waals surface area contributed by atoms with E-state index in [0.717, 1.165) is 5.56 Å². The van der Waals surface area contributed by atoms with Crippen molar-refractivity contribution in [3.63, 3.8) is 0 Å². The van der Waals surface area contributed by atoms with Crippen molar-refractivity contribution in [1.82, 2.24) is 4.90 Å². The van der Waals surface area contributed by atoms with Gasteiger partial charge in [-0.05, 0) is 42.9 Å². The number of phenolic OH excluding ortho intramolecular Hbond substituents is 1. The van der Waals surface area contributed by atoms with Crippen molar-refractivity contribution < 1.29 is 9.90 Å². The molecule has 1 atom stereocenters. The first kappa shape index (κ1) is 14.4. The van der Waals surface area contributed by atoms with Crippen LogP contribution >= 0.6 is 0 Å². The third-order valence-corrected chi connectivity index (χ3v) is 3.48.